The number of nitrogens with two attached hydrogens (primary N) is 1. The fraction of sp³-hybridized carbons (Fsp3) is 0.667. The van der Waals surface area contributed by atoms with Crippen molar-refractivity contribution in [2.45, 2.75) is 65.0 Å². The highest BCUT2D eigenvalue weighted by Gasteiger charge is 2.30. The number of hydrogen-bond donors (Lipinski definition) is 1. The van der Waals surface area contributed by atoms with Crippen LogP contribution in [0.2, 0.25) is 0 Å². The van der Waals surface area contributed by atoms with E-state index in [1.807, 2.05) is 33.8 Å². The van der Waals surface area contributed by atoms with Gasteiger partial charge in [-0.05, 0) is 39.5 Å². The van der Waals surface area contributed by atoms with Crippen LogP contribution in [0, 0.1) is 0 Å². The number of carbonyl (C=O) groups excluding carboxylic acids is 1. The van der Waals surface area contributed by atoms with Crippen molar-refractivity contribution in [3.05, 3.63) is 24.0 Å². The molecule has 0 saturated carbocycles. The van der Waals surface area contributed by atoms with Crippen LogP contribution in [0.5, 0.6) is 0 Å². The maximum atomic E-state index is 11.4. The van der Waals surface area contributed by atoms with Crippen LogP contribution in [-0.2, 0) is 9.53 Å². The van der Waals surface area contributed by atoms with Crippen LogP contribution >= 0.6 is 24.0 Å². The van der Waals surface area contributed by atoms with Gasteiger partial charge < -0.3 is 15.4 Å². The summed E-state index contributed by atoms with van der Waals surface area (Å²) in [7, 11) is 0. The first-order valence-corrected chi connectivity index (χ1v) is 10.0. The van der Waals surface area contributed by atoms with Gasteiger partial charge >= 0.3 is 5.97 Å². The average Bonchev–Trinajstić information content (AvgIpc) is 2.84. The van der Waals surface area contributed by atoms with Gasteiger partial charge in [0.25, 0.3) is 0 Å². The SMILES string of the molecule is C=C1C(CCC/C(N)=C\C)SC(=S)N1CCCC(=O)OCC.CC. The number of esters is 1. The first-order chi connectivity index (χ1) is 11.5. The molecular formula is C18H32N2O2S2. The van der Waals surface area contributed by atoms with Crippen molar-refractivity contribution in [1.82, 2.24) is 4.90 Å². The molecule has 1 fully saturated rings. The Balaban J connectivity index is 0.00000254. The number of hydrogen-bond acceptors (Lipinski definition) is 5. The monoisotopic (exact) mass is 372 g/mol. The molecular weight excluding hydrogens is 340 g/mol. The van der Waals surface area contributed by atoms with Crippen molar-refractivity contribution in [2.24, 2.45) is 5.73 Å². The zero-order chi connectivity index (χ0) is 18.5. The van der Waals surface area contributed by atoms with Crippen LogP contribution in [0.4, 0.5) is 0 Å². The highest BCUT2D eigenvalue weighted by Crippen LogP contribution is 2.37. The van der Waals surface area contributed by atoms with E-state index in [4.69, 9.17) is 22.7 Å². The van der Waals surface area contributed by atoms with Crippen LogP contribution in [0.3, 0.4) is 0 Å². The Hall–Kier alpha value is -1.01. The van der Waals surface area contributed by atoms with E-state index in [2.05, 4.69) is 11.5 Å². The third-order valence-corrected chi connectivity index (χ3v) is 5.28. The van der Waals surface area contributed by atoms with Crippen LogP contribution < -0.4 is 5.73 Å². The molecule has 0 radical (unpaired) electrons. The van der Waals surface area contributed by atoms with Crippen LogP contribution in [0.15, 0.2) is 24.0 Å². The molecule has 0 bridgehead atoms. The second-order valence-electron chi connectivity index (χ2n) is 5.18. The lowest BCUT2D eigenvalue weighted by atomic mass is 10.1. The summed E-state index contributed by atoms with van der Waals surface area (Å²) in [5.41, 5.74) is 7.80. The molecule has 2 N–H and O–H groups in total. The van der Waals surface area contributed by atoms with Crippen LogP contribution in [0.1, 0.15) is 59.8 Å². The molecule has 6 heteroatoms. The quantitative estimate of drug-likeness (QED) is 0.471. The summed E-state index contributed by atoms with van der Waals surface area (Å²) < 4.78 is 5.79. The zero-order valence-electron chi connectivity index (χ0n) is 15.5. The number of carbonyl (C=O) groups is 1. The predicted molar refractivity (Wildman–Crippen MR) is 109 cm³/mol. The molecule has 1 unspecified atom stereocenters. The van der Waals surface area contributed by atoms with Gasteiger partial charge in [-0.2, -0.15) is 0 Å². The molecule has 0 aromatic heterocycles. The second kappa shape index (κ2) is 13.3. The van der Waals surface area contributed by atoms with E-state index in [0.29, 0.717) is 18.3 Å². The van der Waals surface area contributed by atoms with Gasteiger partial charge in [0.1, 0.15) is 4.32 Å². The van der Waals surface area contributed by atoms with Gasteiger partial charge in [-0.1, -0.05) is 50.5 Å². The first-order valence-electron chi connectivity index (χ1n) is 8.72. The number of rotatable bonds is 9. The number of thioether (sulfide) groups is 1. The lowest BCUT2D eigenvalue weighted by Crippen LogP contribution is -2.24. The van der Waals surface area contributed by atoms with Gasteiger partial charge in [-0.15, -0.1) is 0 Å². The highest BCUT2D eigenvalue weighted by molar-refractivity contribution is 8.23. The largest absolute Gasteiger partial charge is 0.466 e. The van der Waals surface area contributed by atoms with E-state index in [-0.39, 0.29) is 5.97 Å². The van der Waals surface area contributed by atoms with Crippen LogP contribution in [0.25, 0.3) is 0 Å². The summed E-state index contributed by atoms with van der Waals surface area (Å²) in [6.07, 6.45) is 6.07. The molecule has 4 nitrogen and oxygen atoms in total. The Labute approximate surface area is 156 Å². The van der Waals surface area contributed by atoms with Gasteiger partial charge in [-0.25, -0.2) is 0 Å². The highest BCUT2D eigenvalue weighted by atomic mass is 32.2. The van der Waals surface area contributed by atoms with Gasteiger partial charge in [0, 0.05) is 24.4 Å². The van der Waals surface area contributed by atoms with E-state index in [0.717, 1.165) is 47.9 Å². The lowest BCUT2D eigenvalue weighted by molar-refractivity contribution is -0.143. The van der Waals surface area contributed by atoms with Gasteiger partial charge in [-0.3, -0.25) is 4.79 Å². The molecule has 0 aromatic rings. The normalized spacial score (nSPS) is 17.6. The molecule has 0 aromatic carbocycles. The molecule has 1 heterocycles. The maximum Gasteiger partial charge on any atom is 0.305 e. The standard InChI is InChI=1S/C16H26N2O2S2.C2H6/c1-4-13(17)8-6-9-14-12(3)18(16(21)22-14)11-7-10-15(19)20-5-2;1-2/h4,14H,3,5-11,17H2,1-2H3;1-2H3/b13-4+;. The van der Waals surface area contributed by atoms with Crippen molar-refractivity contribution in [3.8, 4) is 0 Å². The number of thiocarbonyl (C=S) groups is 1. The number of allylic oxidation sites excluding steroid dienone is 2. The molecule has 1 aliphatic rings. The minimum absolute atomic E-state index is 0.149. The van der Waals surface area contributed by atoms with Crippen molar-refractivity contribution < 1.29 is 9.53 Å². The fourth-order valence-corrected chi connectivity index (χ4v) is 3.94. The van der Waals surface area contributed by atoms with E-state index >= 15 is 0 Å². The average molecular weight is 373 g/mol. The lowest BCUT2D eigenvalue weighted by Gasteiger charge is -2.19. The van der Waals surface area contributed by atoms with Gasteiger partial charge in [0.05, 0.1) is 11.9 Å². The van der Waals surface area contributed by atoms with E-state index in [1.54, 1.807) is 11.8 Å². The molecule has 0 spiro atoms. The number of nitrogens with zero attached hydrogens (tertiary/aromatic N) is 1. The molecule has 138 valence electrons. The van der Waals surface area contributed by atoms with E-state index in [1.165, 1.54) is 0 Å². The van der Waals surface area contributed by atoms with Gasteiger partial charge in [0.15, 0.2) is 0 Å². The van der Waals surface area contributed by atoms with E-state index in [9.17, 15) is 4.79 Å². The Kier molecular flexibility index (Phi) is 12.7. The number of ether oxygens (including phenoxy) is 1. The Bertz CT molecular complexity index is 450. The molecule has 1 saturated heterocycles. The van der Waals surface area contributed by atoms with E-state index < -0.39 is 0 Å². The Morgan fingerprint density at radius 3 is 2.67 bits per heavy atom. The van der Waals surface area contributed by atoms with Crippen molar-refractivity contribution in [1.29, 1.82) is 0 Å². The third-order valence-electron chi connectivity index (χ3n) is 3.55. The molecule has 1 rings (SSSR count). The predicted octanol–water partition coefficient (Wildman–Crippen LogP) is 4.60. The fourth-order valence-electron chi connectivity index (χ4n) is 2.26. The zero-order valence-corrected chi connectivity index (χ0v) is 17.1. The molecule has 0 aliphatic carbocycles. The molecule has 1 aliphatic heterocycles. The maximum absolute atomic E-state index is 11.4. The summed E-state index contributed by atoms with van der Waals surface area (Å²) >= 11 is 7.12. The Morgan fingerprint density at radius 2 is 2.08 bits per heavy atom. The summed E-state index contributed by atoms with van der Waals surface area (Å²) in [6, 6.07) is 0. The van der Waals surface area contributed by atoms with Crippen molar-refractivity contribution in [3.63, 3.8) is 0 Å². The topological polar surface area (TPSA) is 55.6 Å². The van der Waals surface area contributed by atoms with Crippen molar-refractivity contribution in [2.75, 3.05) is 13.2 Å². The summed E-state index contributed by atoms with van der Waals surface area (Å²) in [6.45, 7) is 13.1. The second-order valence-corrected chi connectivity index (χ2v) is 7.02. The summed E-state index contributed by atoms with van der Waals surface area (Å²) in [5.74, 6) is -0.149. The summed E-state index contributed by atoms with van der Waals surface area (Å²) in [5, 5.41) is 0.333. The van der Waals surface area contributed by atoms with Crippen molar-refractivity contribution >= 4 is 34.3 Å². The third kappa shape index (κ3) is 8.20. The Morgan fingerprint density at radius 1 is 1.42 bits per heavy atom. The minimum atomic E-state index is -0.149. The smallest absolute Gasteiger partial charge is 0.305 e. The molecule has 1 atom stereocenters. The van der Waals surface area contributed by atoms with Crippen LogP contribution in [-0.4, -0.2) is 33.6 Å². The summed E-state index contributed by atoms with van der Waals surface area (Å²) in [4.78, 5) is 13.4. The first kappa shape index (κ1) is 23.0. The molecule has 0 amide bonds. The van der Waals surface area contributed by atoms with Gasteiger partial charge in [0.2, 0.25) is 0 Å². The molecule has 24 heavy (non-hydrogen) atoms. The minimum Gasteiger partial charge on any atom is -0.466 e.